The van der Waals surface area contributed by atoms with Crippen molar-refractivity contribution in [3.05, 3.63) is 83.9 Å². The Bertz CT molecular complexity index is 1290. The number of nitrogens with zero attached hydrogens (tertiary/aromatic N) is 1. The highest BCUT2D eigenvalue weighted by atomic mass is 19.4. The van der Waals surface area contributed by atoms with Crippen molar-refractivity contribution in [2.24, 2.45) is 5.10 Å². The number of anilines is 2. The molecule has 0 atom stereocenters. The predicted octanol–water partition coefficient (Wildman–Crippen LogP) is 3.82. The summed E-state index contributed by atoms with van der Waals surface area (Å²) in [6.07, 6.45) is -3.34. The second-order valence-electron chi connectivity index (χ2n) is 7.34. The van der Waals surface area contributed by atoms with E-state index in [1.54, 1.807) is 48.5 Å². The van der Waals surface area contributed by atoms with Gasteiger partial charge in [0, 0.05) is 5.69 Å². The predicted molar refractivity (Wildman–Crippen MR) is 129 cm³/mol. The Labute approximate surface area is 209 Å². The highest BCUT2D eigenvalue weighted by Gasteiger charge is 2.30. The van der Waals surface area contributed by atoms with Crippen LogP contribution in [-0.2, 0) is 20.6 Å². The molecular formula is C25H21F3N4O5. The summed E-state index contributed by atoms with van der Waals surface area (Å²) in [4.78, 5) is 35.9. The van der Waals surface area contributed by atoms with Gasteiger partial charge in [0.1, 0.15) is 11.5 Å². The summed E-state index contributed by atoms with van der Waals surface area (Å²) in [5, 5.41) is 8.40. The summed E-state index contributed by atoms with van der Waals surface area (Å²) in [6.45, 7) is -0.247. The third-order valence-electron chi connectivity index (χ3n) is 4.66. The molecule has 9 nitrogen and oxygen atoms in total. The molecule has 192 valence electrons. The van der Waals surface area contributed by atoms with E-state index in [0.717, 1.165) is 12.1 Å². The molecule has 0 saturated carbocycles. The van der Waals surface area contributed by atoms with Gasteiger partial charge in [0.15, 0.2) is 6.61 Å². The van der Waals surface area contributed by atoms with Crippen molar-refractivity contribution in [1.29, 1.82) is 0 Å². The number of hydrazone groups is 1. The van der Waals surface area contributed by atoms with Gasteiger partial charge in [0.25, 0.3) is 5.91 Å². The average Bonchev–Trinajstić information content (AvgIpc) is 2.88. The Balaban J connectivity index is 1.46. The second kappa shape index (κ2) is 12.2. The molecule has 0 bridgehead atoms. The van der Waals surface area contributed by atoms with Gasteiger partial charge in [-0.05, 0) is 60.2 Å². The van der Waals surface area contributed by atoms with Crippen LogP contribution < -0.4 is 25.5 Å². The third-order valence-corrected chi connectivity index (χ3v) is 4.66. The number of carbonyl (C=O) groups is 3. The highest BCUT2D eigenvalue weighted by molar-refractivity contribution is 6.39. The maximum Gasteiger partial charge on any atom is 0.416 e. The Morgan fingerprint density at radius 3 is 2.35 bits per heavy atom. The highest BCUT2D eigenvalue weighted by Crippen LogP contribution is 2.30. The first kappa shape index (κ1) is 26.7. The largest absolute Gasteiger partial charge is 0.495 e. The van der Waals surface area contributed by atoms with E-state index >= 15 is 0 Å². The van der Waals surface area contributed by atoms with Crippen LogP contribution >= 0.6 is 0 Å². The molecule has 37 heavy (non-hydrogen) atoms. The molecule has 0 aliphatic carbocycles. The summed E-state index contributed by atoms with van der Waals surface area (Å²) < 4.78 is 48.9. The lowest BCUT2D eigenvalue weighted by molar-refractivity contribution is -0.137. The molecule has 0 aliphatic heterocycles. The van der Waals surface area contributed by atoms with Crippen LogP contribution in [0.4, 0.5) is 24.5 Å². The number of amides is 3. The number of hydrogen-bond donors (Lipinski definition) is 3. The normalized spacial score (nSPS) is 11.0. The lowest BCUT2D eigenvalue weighted by atomic mass is 10.2. The first-order valence-corrected chi connectivity index (χ1v) is 10.6. The molecule has 0 fully saturated rings. The molecule has 0 heterocycles. The molecule has 0 spiro atoms. The van der Waals surface area contributed by atoms with Crippen molar-refractivity contribution in [3.63, 3.8) is 0 Å². The zero-order valence-electron chi connectivity index (χ0n) is 19.3. The number of hydrogen-bond acceptors (Lipinski definition) is 6. The molecule has 3 amide bonds. The monoisotopic (exact) mass is 514 g/mol. The van der Waals surface area contributed by atoms with E-state index in [0.29, 0.717) is 28.8 Å². The van der Waals surface area contributed by atoms with E-state index in [1.165, 1.54) is 19.4 Å². The minimum atomic E-state index is -4.59. The minimum absolute atomic E-state index is 0.189. The number of benzene rings is 3. The van der Waals surface area contributed by atoms with Crippen molar-refractivity contribution in [3.8, 4) is 11.5 Å². The van der Waals surface area contributed by atoms with Gasteiger partial charge in [0.2, 0.25) is 0 Å². The quantitative estimate of drug-likeness (QED) is 0.240. The fraction of sp³-hybridized carbons (Fsp3) is 0.120. The van der Waals surface area contributed by atoms with Crippen molar-refractivity contribution < 1.29 is 37.0 Å². The molecule has 0 aromatic heterocycles. The Hall–Kier alpha value is -4.87. The van der Waals surface area contributed by atoms with Crippen molar-refractivity contribution in [2.75, 3.05) is 24.4 Å². The molecule has 0 unspecified atom stereocenters. The first-order valence-electron chi connectivity index (χ1n) is 10.6. The average molecular weight is 514 g/mol. The molecule has 3 rings (SSSR count). The van der Waals surface area contributed by atoms with Gasteiger partial charge in [-0.15, -0.1) is 0 Å². The lowest BCUT2D eigenvalue weighted by Gasteiger charge is -2.10. The van der Waals surface area contributed by atoms with E-state index in [1.807, 2.05) is 5.43 Å². The van der Waals surface area contributed by atoms with Crippen LogP contribution in [0.3, 0.4) is 0 Å². The molecule has 0 aliphatic rings. The first-order chi connectivity index (χ1) is 17.7. The van der Waals surface area contributed by atoms with E-state index in [4.69, 9.17) is 9.47 Å². The number of ether oxygens (including phenoxy) is 2. The van der Waals surface area contributed by atoms with Crippen LogP contribution in [0.5, 0.6) is 11.5 Å². The zero-order chi connectivity index (χ0) is 26.8. The van der Waals surface area contributed by atoms with Crippen LogP contribution in [0.2, 0.25) is 0 Å². The standard InChI is InChI=1S/C25H21F3N4O5/c1-36-21-8-3-2-7-20(21)31-22(33)15-37-19-11-9-16(10-12-19)14-29-32-24(35)23(34)30-18-6-4-5-17(13-18)25(26,27)28/h2-14H,15H2,1H3,(H,30,34)(H,31,33)(H,32,35)/b29-14+. The van der Waals surface area contributed by atoms with Gasteiger partial charge in [-0.3, -0.25) is 14.4 Å². The van der Waals surface area contributed by atoms with Crippen molar-refractivity contribution >= 4 is 35.3 Å². The van der Waals surface area contributed by atoms with Gasteiger partial charge in [-0.2, -0.15) is 18.3 Å². The molecule has 0 radical (unpaired) electrons. The summed E-state index contributed by atoms with van der Waals surface area (Å²) in [5.41, 5.74) is 1.87. The van der Waals surface area contributed by atoms with Crippen LogP contribution in [-0.4, -0.2) is 37.7 Å². The van der Waals surface area contributed by atoms with Gasteiger partial charge in [-0.25, -0.2) is 5.43 Å². The fourth-order valence-corrected chi connectivity index (χ4v) is 2.91. The van der Waals surface area contributed by atoms with Crippen LogP contribution in [0.15, 0.2) is 77.9 Å². The topological polar surface area (TPSA) is 118 Å². The van der Waals surface area contributed by atoms with E-state index < -0.39 is 23.6 Å². The smallest absolute Gasteiger partial charge is 0.416 e. The maximum atomic E-state index is 12.8. The number of nitrogens with one attached hydrogen (secondary N) is 3. The third kappa shape index (κ3) is 8.09. The number of para-hydroxylation sites is 2. The number of methoxy groups -OCH3 is 1. The zero-order valence-corrected chi connectivity index (χ0v) is 19.3. The molecule has 0 saturated heterocycles. The van der Waals surface area contributed by atoms with Gasteiger partial charge < -0.3 is 20.1 Å². The number of rotatable bonds is 8. The van der Waals surface area contributed by atoms with E-state index in [2.05, 4.69) is 15.7 Å². The van der Waals surface area contributed by atoms with Crippen LogP contribution in [0.1, 0.15) is 11.1 Å². The Kier molecular flexibility index (Phi) is 8.81. The summed E-state index contributed by atoms with van der Waals surface area (Å²) in [7, 11) is 1.49. The lowest BCUT2D eigenvalue weighted by Crippen LogP contribution is -2.32. The maximum absolute atomic E-state index is 12.8. The van der Waals surface area contributed by atoms with E-state index in [9.17, 15) is 27.6 Å². The van der Waals surface area contributed by atoms with Gasteiger partial charge in [0.05, 0.1) is 24.6 Å². The Morgan fingerprint density at radius 1 is 0.919 bits per heavy atom. The van der Waals surface area contributed by atoms with Crippen LogP contribution in [0, 0.1) is 0 Å². The summed E-state index contributed by atoms with van der Waals surface area (Å²) in [5.74, 6) is -1.83. The second-order valence-corrected chi connectivity index (χ2v) is 7.34. The minimum Gasteiger partial charge on any atom is -0.495 e. The van der Waals surface area contributed by atoms with Crippen molar-refractivity contribution in [2.45, 2.75) is 6.18 Å². The molecule has 3 N–H and O–H groups in total. The molecule has 3 aromatic rings. The fourth-order valence-electron chi connectivity index (χ4n) is 2.91. The Morgan fingerprint density at radius 2 is 1.65 bits per heavy atom. The molecule has 12 heteroatoms. The SMILES string of the molecule is COc1ccccc1NC(=O)COc1ccc(/C=N/NC(=O)C(=O)Nc2cccc(C(F)(F)F)c2)cc1. The van der Waals surface area contributed by atoms with Gasteiger partial charge in [-0.1, -0.05) is 18.2 Å². The molecule has 3 aromatic carbocycles. The van der Waals surface area contributed by atoms with Crippen molar-refractivity contribution in [1.82, 2.24) is 5.43 Å². The molecular weight excluding hydrogens is 493 g/mol. The number of carbonyl (C=O) groups excluding carboxylic acids is 3. The summed E-state index contributed by atoms with van der Waals surface area (Å²) >= 11 is 0. The van der Waals surface area contributed by atoms with Crippen LogP contribution in [0.25, 0.3) is 0 Å². The van der Waals surface area contributed by atoms with E-state index in [-0.39, 0.29) is 18.2 Å². The van der Waals surface area contributed by atoms with Gasteiger partial charge >= 0.3 is 18.0 Å². The summed E-state index contributed by atoms with van der Waals surface area (Å²) in [6, 6.07) is 17.1. The number of alkyl halides is 3. The number of halogens is 3.